The molecule has 0 saturated carbocycles. The fourth-order valence-electron chi connectivity index (χ4n) is 7.16. The Balaban J connectivity index is 1.30. The second-order valence-electron chi connectivity index (χ2n) is 11.6. The van der Waals surface area contributed by atoms with Crippen LogP contribution in [0.3, 0.4) is 0 Å². The number of furan rings is 1. The third-order valence-electron chi connectivity index (χ3n) is 9.16. The summed E-state index contributed by atoms with van der Waals surface area (Å²) in [5.41, 5.74) is 8.24. The minimum atomic E-state index is 0.781. The molecular formula is C39H25N5O. The first-order valence-electron chi connectivity index (χ1n) is 15.1. The number of fused-ring (bicyclic) bond motifs is 9. The molecule has 0 unspecified atom stereocenters. The maximum atomic E-state index is 6.48. The molecule has 10 aromatic rings. The molecule has 0 amide bonds. The van der Waals surface area contributed by atoms with Crippen molar-refractivity contribution >= 4 is 65.6 Å². The maximum absolute atomic E-state index is 6.48. The summed E-state index contributed by atoms with van der Waals surface area (Å²) in [7, 11) is 2.03. The fourth-order valence-corrected chi connectivity index (χ4v) is 7.16. The molecule has 0 N–H and O–H groups in total. The first-order valence-corrected chi connectivity index (χ1v) is 15.1. The van der Waals surface area contributed by atoms with Gasteiger partial charge in [0.2, 0.25) is 0 Å². The molecular weight excluding hydrogens is 554 g/mol. The fraction of sp³-hybridized carbons (Fsp3) is 0.0256. The minimum absolute atomic E-state index is 0.781. The Morgan fingerprint density at radius 3 is 1.98 bits per heavy atom. The molecule has 10 rings (SSSR count). The lowest BCUT2D eigenvalue weighted by Crippen LogP contribution is -1.99. The standard InChI is InChI=1S/C39H25N5O/c1-42-21-20-41-38(42)24-14-16-28-26-8-2-5-11-32(26)43(34(28)22-24)25-15-17-29-27-9-3-6-12-33(27)44(35(29)23-25)39-37-31(18-19-40-39)30-10-4-7-13-36(30)45-37/h2-23H,1H3. The van der Waals surface area contributed by atoms with Crippen molar-refractivity contribution in [2.75, 3.05) is 0 Å². The number of imidazole rings is 1. The zero-order valence-electron chi connectivity index (χ0n) is 24.3. The summed E-state index contributed by atoms with van der Waals surface area (Å²) in [5, 5.41) is 6.91. The highest BCUT2D eigenvalue weighted by Crippen LogP contribution is 2.39. The van der Waals surface area contributed by atoms with E-state index in [0.29, 0.717) is 0 Å². The predicted molar refractivity (Wildman–Crippen MR) is 182 cm³/mol. The first-order chi connectivity index (χ1) is 22.2. The van der Waals surface area contributed by atoms with Crippen molar-refractivity contribution in [1.82, 2.24) is 23.7 Å². The zero-order valence-corrected chi connectivity index (χ0v) is 24.3. The molecule has 0 aliphatic heterocycles. The number of para-hydroxylation sites is 3. The third-order valence-corrected chi connectivity index (χ3v) is 9.16. The maximum Gasteiger partial charge on any atom is 0.181 e. The number of aromatic nitrogens is 5. The number of pyridine rings is 1. The van der Waals surface area contributed by atoms with Crippen LogP contribution in [0.2, 0.25) is 0 Å². The molecule has 45 heavy (non-hydrogen) atoms. The molecule has 212 valence electrons. The van der Waals surface area contributed by atoms with E-state index < -0.39 is 0 Å². The number of nitrogens with zero attached hydrogens (tertiary/aromatic N) is 5. The Morgan fingerprint density at radius 2 is 1.20 bits per heavy atom. The monoisotopic (exact) mass is 579 g/mol. The molecule has 6 heteroatoms. The van der Waals surface area contributed by atoms with Gasteiger partial charge < -0.3 is 13.6 Å². The lowest BCUT2D eigenvalue weighted by Gasteiger charge is -2.11. The van der Waals surface area contributed by atoms with Crippen LogP contribution in [0.15, 0.2) is 138 Å². The zero-order chi connectivity index (χ0) is 29.6. The van der Waals surface area contributed by atoms with Crippen molar-refractivity contribution in [3.8, 4) is 22.9 Å². The topological polar surface area (TPSA) is 53.7 Å². The molecule has 0 saturated heterocycles. The van der Waals surface area contributed by atoms with Crippen LogP contribution in [0.25, 0.3) is 88.4 Å². The highest BCUT2D eigenvalue weighted by Gasteiger charge is 2.20. The predicted octanol–water partition coefficient (Wildman–Crippen LogP) is 9.58. The van der Waals surface area contributed by atoms with Gasteiger partial charge in [-0.15, -0.1) is 0 Å². The average molecular weight is 580 g/mol. The van der Waals surface area contributed by atoms with E-state index >= 15 is 0 Å². The van der Waals surface area contributed by atoms with Crippen LogP contribution in [0, 0.1) is 0 Å². The number of benzene rings is 5. The van der Waals surface area contributed by atoms with E-state index in [1.165, 1.54) is 21.5 Å². The molecule has 5 aromatic carbocycles. The molecule has 0 aliphatic carbocycles. The summed E-state index contributed by atoms with van der Waals surface area (Å²) < 4.78 is 13.2. The molecule has 6 nitrogen and oxygen atoms in total. The summed E-state index contributed by atoms with van der Waals surface area (Å²) in [6.45, 7) is 0. The van der Waals surface area contributed by atoms with Crippen LogP contribution in [-0.4, -0.2) is 23.7 Å². The number of hydrogen-bond acceptors (Lipinski definition) is 3. The Hall–Kier alpha value is -6.14. The Labute approximate surface area is 257 Å². The van der Waals surface area contributed by atoms with Crippen LogP contribution in [-0.2, 0) is 7.05 Å². The van der Waals surface area contributed by atoms with Crippen LogP contribution in [0.1, 0.15) is 0 Å². The van der Waals surface area contributed by atoms with Crippen molar-refractivity contribution < 1.29 is 4.42 Å². The summed E-state index contributed by atoms with van der Waals surface area (Å²) >= 11 is 0. The van der Waals surface area contributed by atoms with E-state index in [0.717, 1.165) is 66.9 Å². The van der Waals surface area contributed by atoms with Gasteiger partial charge in [0.05, 0.1) is 22.1 Å². The molecule has 0 atom stereocenters. The Bertz CT molecular complexity index is 2790. The van der Waals surface area contributed by atoms with Gasteiger partial charge in [-0.1, -0.05) is 72.8 Å². The van der Waals surface area contributed by atoms with E-state index in [4.69, 9.17) is 9.40 Å². The van der Waals surface area contributed by atoms with Gasteiger partial charge in [-0.3, -0.25) is 4.57 Å². The van der Waals surface area contributed by atoms with Gasteiger partial charge in [0.1, 0.15) is 11.4 Å². The van der Waals surface area contributed by atoms with Crippen molar-refractivity contribution in [2.24, 2.45) is 7.05 Å². The molecule has 0 radical (unpaired) electrons. The second kappa shape index (κ2) is 8.94. The minimum Gasteiger partial charge on any atom is -0.452 e. The summed E-state index contributed by atoms with van der Waals surface area (Å²) in [4.78, 5) is 9.57. The number of aryl methyl sites for hydroxylation is 1. The molecule has 5 heterocycles. The van der Waals surface area contributed by atoms with Gasteiger partial charge in [0.25, 0.3) is 0 Å². The molecule has 0 spiro atoms. The van der Waals surface area contributed by atoms with Gasteiger partial charge >= 0.3 is 0 Å². The molecule has 5 aromatic heterocycles. The quantitative estimate of drug-likeness (QED) is 0.209. The first kappa shape index (κ1) is 24.3. The summed E-state index contributed by atoms with van der Waals surface area (Å²) in [6.07, 6.45) is 5.72. The smallest absolute Gasteiger partial charge is 0.181 e. The number of rotatable bonds is 3. The highest BCUT2D eigenvalue weighted by atomic mass is 16.3. The number of hydrogen-bond donors (Lipinski definition) is 0. The van der Waals surface area contributed by atoms with Crippen molar-refractivity contribution in [3.63, 3.8) is 0 Å². The van der Waals surface area contributed by atoms with Gasteiger partial charge in [0, 0.05) is 69.2 Å². The van der Waals surface area contributed by atoms with E-state index in [9.17, 15) is 0 Å². The van der Waals surface area contributed by atoms with Gasteiger partial charge in [-0.2, -0.15) is 0 Å². The normalized spacial score (nSPS) is 12.1. The SMILES string of the molecule is Cn1ccnc1-c1ccc2c3ccccc3n(-c3ccc4c5ccccc5n(-c5nccc6c5oc5ccccc56)c4c3)c2c1. The average Bonchev–Trinajstić information content (AvgIpc) is 3.84. The van der Waals surface area contributed by atoms with Crippen LogP contribution in [0.5, 0.6) is 0 Å². The summed E-state index contributed by atoms with van der Waals surface area (Å²) in [5.74, 6) is 1.72. The van der Waals surface area contributed by atoms with Crippen LogP contribution < -0.4 is 0 Å². The molecule has 0 fully saturated rings. The van der Waals surface area contributed by atoms with Crippen molar-refractivity contribution in [3.05, 3.63) is 134 Å². The van der Waals surface area contributed by atoms with Gasteiger partial charge in [-0.05, 0) is 42.5 Å². The summed E-state index contributed by atoms with van der Waals surface area (Å²) in [6, 6.07) is 40.8. The van der Waals surface area contributed by atoms with E-state index in [1.807, 2.05) is 43.8 Å². The van der Waals surface area contributed by atoms with Crippen molar-refractivity contribution in [2.45, 2.75) is 0 Å². The van der Waals surface area contributed by atoms with Gasteiger partial charge in [0.15, 0.2) is 11.4 Å². The second-order valence-corrected chi connectivity index (χ2v) is 11.6. The Morgan fingerprint density at radius 1 is 0.533 bits per heavy atom. The molecule has 0 aliphatic rings. The van der Waals surface area contributed by atoms with E-state index in [-0.39, 0.29) is 0 Å². The lowest BCUT2D eigenvalue weighted by atomic mass is 10.1. The molecule has 0 bridgehead atoms. The van der Waals surface area contributed by atoms with E-state index in [1.54, 1.807) is 0 Å². The van der Waals surface area contributed by atoms with E-state index in [2.05, 4.69) is 116 Å². The van der Waals surface area contributed by atoms with Crippen LogP contribution >= 0.6 is 0 Å². The Kier molecular flexibility index (Phi) is 4.83. The largest absolute Gasteiger partial charge is 0.452 e. The van der Waals surface area contributed by atoms with Crippen LogP contribution in [0.4, 0.5) is 0 Å². The highest BCUT2D eigenvalue weighted by molar-refractivity contribution is 6.14. The third kappa shape index (κ3) is 3.33. The lowest BCUT2D eigenvalue weighted by molar-refractivity contribution is 0.663. The van der Waals surface area contributed by atoms with Crippen molar-refractivity contribution in [1.29, 1.82) is 0 Å². The van der Waals surface area contributed by atoms with Gasteiger partial charge in [-0.25, -0.2) is 9.97 Å².